The van der Waals surface area contributed by atoms with Crippen molar-refractivity contribution in [1.29, 1.82) is 0 Å². The minimum absolute atomic E-state index is 0.0294. The van der Waals surface area contributed by atoms with Gasteiger partial charge in [0, 0.05) is 6.42 Å². The molecule has 1 aromatic rings. The summed E-state index contributed by atoms with van der Waals surface area (Å²) in [6, 6.07) is 0. The Morgan fingerprint density at radius 3 is 2.67 bits per heavy atom. The quantitative estimate of drug-likeness (QED) is 0.387. The van der Waals surface area contributed by atoms with Crippen LogP contribution in [0.15, 0.2) is 0 Å². The minimum atomic E-state index is -0.819. The van der Waals surface area contributed by atoms with Gasteiger partial charge in [0.15, 0.2) is 12.0 Å². The first-order valence-electron chi connectivity index (χ1n) is 10.6. The van der Waals surface area contributed by atoms with Crippen molar-refractivity contribution in [2.45, 2.75) is 89.6 Å². The number of fused-ring (bicyclic) bond motifs is 1. The number of hydrogen-bond donors (Lipinski definition) is 1. The first-order chi connectivity index (χ1) is 14.4. The fourth-order valence-corrected chi connectivity index (χ4v) is 3.79. The number of carbonyl (C=O) groups excluding carboxylic acids is 1. The van der Waals surface area contributed by atoms with E-state index in [1.807, 2.05) is 0 Å². The van der Waals surface area contributed by atoms with E-state index in [9.17, 15) is 9.90 Å². The second kappa shape index (κ2) is 9.88. The van der Waals surface area contributed by atoms with Gasteiger partial charge in [0.05, 0.1) is 13.7 Å². The summed E-state index contributed by atoms with van der Waals surface area (Å²) >= 11 is 0. The van der Waals surface area contributed by atoms with Crippen molar-refractivity contribution >= 4 is 5.97 Å². The Labute approximate surface area is 177 Å². The standard InChI is InChI=1S/C21H31N3O6/c1-5-6-7-8-9-10-11-12-14-16(20(26)27-4)22-23-24(14)19-18-17(15(13-25)28-19)29-21(2,3)30-18/h15,17-19,25H,5-10,13H2,1-4H3/t15-,17-,18-,19-/m1/s1. The van der Waals surface area contributed by atoms with Gasteiger partial charge in [0.1, 0.15) is 24.0 Å². The van der Waals surface area contributed by atoms with Gasteiger partial charge in [-0.1, -0.05) is 43.7 Å². The maximum atomic E-state index is 12.2. The third kappa shape index (κ3) is 4.83. The second-order valence-electron chi connectivity index (χ2n) is 8.00. The van der Waals surface area contributed by atoms with Crippen LogP contribution in [0.25, 0.3) is 0 Å². The molecular formula is C21H31N3O6. The first kappa shape index (κ1) is 22.7. The highest BCUT2D eigenvalue weighted by Crippen LogP contribution is 2.43. The maximum Gasteiger partial charge on any atom is 0.361 e. The summed E-state index contributed by atoms with van der Waals surface area (Å²) in [4.78, 5) is 12.2. The molecule has 4 atom stereocenters. The summed E-state index contributed by atoms with van der Waals surface area (Å²) in [6.45, 7) is 5.56. The normalized spacial score (nSPS) is 26.8. The molecule has 166 valence electrons. The van der Waals surface area contributed by atoms with Crippen LogP contribution < -0.4 is 0 Å². The van der Waals surface area contributed by atoms with Crippen molar-refractivity contribution in [3.05, 3.63) is 11.4 Å². The smallest absolute Gasteiger partial charge is 0.361 e. The molecule has 2 aliphatic heterocycles. The van der Waals surface area contributed by atoms with Crippen LogP contribution >= 0.6 is 0 Å². The van der Waals surface area contributed by atoms with E-state index in [1.54, 1.807) is 13.8 Å². The van der Waals surface area contributed by atoms with Gasteiger partial charge in [-0.15, -0.1) is 5.10 Å². The Balaban J connectivity index is 1.83. The zero-order chi connectivity index (χ0) is 21.7. The molecule has 0 radical (unpaired) electrons. The average molecular weight is 421 g/mol. The van der Waals surface area contributed by atoms with E-state index in [1.165, 1.54) is 31.1 Å². The van der Waals surface area contributed by atoms with Crippen LogP contribution in [0.3, 0.4) is 0 Å². The van der Waals surface area contributed by atoms with Crippen LogP contribution in [0.5, 0.6) is 0 Å². The van der Waals surface area contributed by atoms with Crippen molar-refractivity contribution in [3.8, 4) is 11.8 Å². The van der Waals surface area contributed by atoms with Gasteiger partial charge >= 0.3 is 5.97 Å². The number of aliphatic hydroxyl groups is 1. The average Bonchev–Trinajstić information content (AvgIpc) is 3.37. The fourth-order valence-electron chi connectivity index (χ4n) is 3.79. The summed E-state index contributed by atoms with van der Waals surface area (Å²) in [5.74, 6) is 4.70. The molecule has 0 amide bonds. The fraction of sp³-hybridized carbons (Fsp3) is 0.762. The number of methoxy groups -OCH3 is 1. The first-order valence-corrected chi connectivity index (χ1v) is 10.6. The second-order valence-corrected chi connectivity index (χ2v) is 8.00. The third-order valence-corrected chi connectivity index (χ3v) is 5.23. The molecule has 2 fully saturated rings. The number of nitrogens with zero attached hydrogens (tertiary/aromatic N) is 3. The molecule has 9 nitrogen and oxygen atoms in total. The van der Waals surface area contributed by atoms with Gasteiger partial charge in [0.2, 0.25) is 5.69 Å². The molecule has 0 saturated carbocycles. The Hall–Kier alpha value is -1.99. The SMILES string of the molecule is CCCCCCCC#Cc1c(C(=O)OC)nnn1[C@@H]1O[C@H](CO)[C@H]2OC(C)(C)O[C@H]21. The van der Waals surface area contributed by atoms with E-state index in [-0.39, 0.29) is 12.3 Å². The number of aromatic nitrogens is 3. The lowest BCUT2D eigenvalue weighted by atomic mass is 10.1. The summed E-state index contributed by atoms with van der Waals surface area (Å²) in [6.07, 6.45) is 4.16. The van der Waals surface area contributed by atoms with Crippen molar-refractivity contribution in [1.82, 2.24) is 15.0 Å². The molecule has 30 heavy (non-hydrogen) atoms. The molecule has 0 bridgehead atoms. The number of aliphatic hydroxyl groups excluding tert-OH is 1. The molecule has 0 unspecified atom stereocenters. The summed E-state index contributed by atoms with van der Waals surface area (Å²) in [7, 11) is 1.28. The molecule has 2 saturated heterocycles. The summed E-state index contributed by atoms with van der Waals surface area (Å²) in [5.41, 5.74) is 0.341. The van der Waals surface area contributed by atoms with E-state index in [2.05, 4.69) is 29.1 Å². The predicted octanol–water partition coefficient (Wildman–Crippen LogP) is 2.19. The van der Waals surface area contributed by atoms with Crippen molar-refractivity contribution in [2.24, 2.45) is 0 Å². The predicted molar refractivity (Wildman–Crippen MR) is 106 cm³/mol. The zero-order valence-corrected chi connectivity index (χ0v) is 18.1. The number of ether oxygens (including phenoxy) is 4. The Morgan fingerprint density at radius 1 is 1.23 bits per heavy atom. The van der Waals surface area contributed by atoms with E-state index in [4.69, 9.17) is 18.9 Å². The maximum absolute atomic E-state index is 12.2. The van der Waals surface area contributed by atoms with Gasteiger partial charge in [-0.25, -0.2) is 9.48 Å². The summed E-state index contributed by atoms with van der Waals surface area (Å²) in [5, 5.41) is 17.8. The molecule has 9 heteroatoms. The minimum Gasteiger partial charge on any atom is -0.464 e. The Morgan fingerprint density at radius 2 is 1.97 bits per heavy atom. The molecule has 3 heterocycles. The van der Waals surface area contributed by atoms with E-state index in [0.717, 1.165) is 12.8 Å². The lowest BCUT2D eigenvalue weighted by Gasteiger charge is -2.23. The molecule has 0 spiro atoms. The molecule has 3 rings (SSSR count). The van der Waals surface area contributed by atoms with Crippen LogP contribution in [0.4, 0.5) is 0 Å². The number of carbonyl (C=O) groups is 1. The molecule has 0 aliphatic carbocycles. The topological polar surface area (TPSA) is 105 Å². The number of hydrogen-bond acceptors (Lipinski definition) is 8. The lowest BCUT2D eigenvalue weighted by molar-refractivity contribution is -0.201. The monoisotopic (exact) mass is 421 g/mol. The highest BCUT2D eigenvalue weighted by atomic mass is 16.8. The van der Waals surface area contributed by atoms with Crippen LogP contribution in [-0.2, 0) is 18.9 Å². The molecule has 0 aromatic carbocycles. The summed E-state index contributed by atoms with van der Waals surface area (Å²) < 4.78 is 24.1. The molecule has 1 N–H and O–H groups in total. The Kier molecular flexibility index (Phi) is 7.47. The Bertz CT molecular complexity index is 796. The van der Waals surface area contributed by atoms with E-state index >= 15 is 0 Å². The van der Waals surface area contributed by atoms with Gasteiger partial charge in [-0.2, -0.15) is 0 Å². The highest BCUT2D eigenvalue weighted by Gasteiger charge is 2.56. The lowest BCUT2D eigenvalue weighted by Crippen LogP contribution is -2.31. The van der Waals surface area contributed by atoms with Gasteiger partial charge in [-0.05, 0) is 26.2 Å². The van der Waals surface area contributed by atoms with Gasteiger partial charge in [-0.3, -0.25) is 0 Å². The van der Waals surface area contributed by atoms with Crippen LogP contribution in [0, 0.1) is 11.8 Å². The van der Waals surface area contributed by atoms with Gasteiger partial charge < -0.3 is 24.1 Å². The third-order valence-electron chi connectivity index (χ3n) is 5.23. The number of esters is 1. The molecule has 2 aliphatic rings. The van der Waals surface area contributed by atoms with Crippen LogP contribution in [-0.4, -0.2) is 63.9 Å². The van der Waals surface area contributed by atoms with Crippen molar-refractivity contribution in [3.63, 3.8) is 0 Å². The van der Waals surface area contributed by atoms with Crippen molar-refractivity contribution in [2.75, 3.05) is 13.7 Å². The largest absolute Gasteiger partial charge is 0.464 e. The zero-order valence-electron chi connectivity index (χ0n) is 18.1. The van der Waals surface area contributed by atoms with E-state index in [0.29, 0.717) is 12.1 Å². The number of rotatable bonds is 8. The molecule has 1 aromatic heterocycles. The highest BCUT2D eigenvalue weighted by molar-refractivity contribution is 5.89. The van der Waals surface area contributed by atoms with Crippen LogP contribution in [0.1, 0.15) is 81.7 Å². The van der Waals surface area contributed by atoms with E-state index < -0.39 is 36.3 Å². The van der Waals surface area contributed by atoms with Crippen molar-refractivity contribution < 1.29 is 28.8 Å². The molecular weight excluding hydrogens is 390 g/mol. The van der Waals surface area contributed by atoms with Gasteiger partial charge in [0.25, 0.3) is 0 Å². The number of unbranched alkanes of at least 4 members (excludes halogenated alkanes) is 5. The van der Waals surface area contributed by atoms with Crippen LogP contribution in [0.2, 0.25) is 0 Å².